The number of benzene rings is 1. The average molecular weight is 305 g/mol. The minimum Gasteiger partial charge on any atom is -0.457 e. The van der Waals surface area contributed by atoms with E-state index in [1.165, 1.54) is 12.3 Å². The van der Waals surface area contributed by atoms with Crippen molar-refractivity contribution in [1.29, 1.82) is 0 Å². The predicted molar refractivity (Wildman–Crippen MR) is 72.6 cm³/mol. The molecule has 0 aliphatic carbocycles. The molecule has 21 heavy (non-hydrogen) atoms. The zero-order valence-electron chi connectivity index (χ0n) is 10.7. The first kappa shape index (κ1) is 13.4. The fourth-order valence-electron chi connectivity index (χ4n) is 1.61. The number of hydrogen-bond donors (Lipinski definition) is 0. The van der Waals surface area contributed by atoms with Crippen LogP contribution in [0.2, 0.25) is 5.02 Å². The number of hydrogen-bond acceptors (Lipinski definition) is 6. The highest BCUT2D eigenvalue weighted by atomic mass is 35.5. The second-order valence-electron chi connectivity index (χ2n) is 4.06. The van der Waals surface area contributed by atoms with E-state index < -0.39 is 5.97 Å². The van der Waals surface area contributed by atoms with Crippen LogP contribution < -0.4 is 0 Å². The van der Waals surface area contributed by atoms with Crippen LogP contribution in [0.25, 0.3) is 11.5 Å². The summed E-state index contributed by atoms with van der Waals surface area (Å²) in [6, 6.07) is 10.1. The van der Waals surface area contributed by atoms with Crippen LogP contribution in [0.1, 0.15) is 16.4 Å². The van der Waals surface area contributed by atoms with Gasteiger partial charge in [0.1, 0.15) is 0 Å². The third kappa shape index (κ3) is 3.11. The maximum absolute atomic E-state index is 11.6. The highest BCUT2D eigenvalue weighted by molar-refractivity contribution is 6.30. The number of halogens is 1. The zero-order valence-corrected chi connectivity index (χ0v) is 11.4. The van der Waals surface area contributed by atoms with E-state index in [2.05, 4.69) is 10.2 Å². The van der Waals surface area contributed by atoms with Gasteiger partial charge in [-0.3, -0.25) is 0 Å². The summed E-state index contributed by atoms with van der Waals surface area (Å²) in [5.41, 5.74) is 0.732. The quantitative estimate of drug-likeness (QED) is 0.688. The Balaban J connectivity index is 1.65. The number of carbonyl (C=O) groups excluding carboxylic acids is 1. The second kappa shape index (κ2) is 5.80. The highest BCUT2D eigenvalue weighted by Crippen LogP contribution is 2.20. The molecule has 2 aromatic heterocycles. The number of rotatable bonds is 4. The summed E-state index contributed by atoms with van der Waals surface area (Å²) in [6.45, 7) is -0.125. The van der Waals surface area contributed by atoms with Crippen LogP contribution in [0.15, 0.2) is 51.5 Å². The zero-order chi connectivity index (χ0) is 14.7. The van der Waals surface area contributed by atoms with Gasteiger partial charge in [-0.25, -0.2) is 4.79 Å². The molecule has 0 amide bonds. The molecule has 3 rings (SSSR count). The minimum absolute atomic E-state index is 0.118. The maximum atomic E-state index is 11.6. The lowest BCUT2D eigenvalue weighted by Gasteiger charge is -1.98. The van der Waals surface area contributed by atoms with Gasteiger partial charge in [0.25, 0.3) is 5.89 Å². The topological polar surface area (TPSA) is 78.4 Å². The average Bonchev–Trinajstić information content (AvgIpc) is 3.17. The number of esters is 1. The molecule has 0 N–H and O–H groups in total. The molecule has 0 atom stereocenters. The summed E-state index contributed by atoms with van der Waals surface area (Å²) in [5, 5.41) is 8.31. The van der Waals surface area contributed by atoms with E-state index >= 15 is 0 Å². The van der Waals surface area contributed by atoms with E-state index in [4.69, 9.17) is 25.2 Å². The predicted octanol–water partition coefficient (Wildman–Crippen LogP) is 3.34. The number of aromatic nitrogens is 2. The van der Waals surface area contributed by atoms with Gasteiger partial charge >= 0.3 is 5.97 Å². The SMILES string of the molecule is O=C(OCc1nnc(-c2ccc(Cl)cc2)o1)c1ccco1. The van der Waals surface area contributed by atoms with E-state index in [-0.39, 0.29) is 18.3 Å². The molecule has 0 aliphatic rings. The summed E-state index contributed by atoms with van der Waals surface area (Å²) < 4.78 is 15.3. The second-order valence-corrected chi connectivity index (χ2v) is 4.50. The van der Waals surface area contributed by atoms with Crippen molar-refractivity contribution in [3.8, 4) is 11.5 Å². The van der Waals surface area contributed by atoms with Crippen LogP contribution in [0.4, 0.5) is 0 Å². The van der Waals surface area contributed by atoms with Gasteiger partial charge in [0.2, 0.25) is 11.7 Å². The number of nitrogens with zero attached hydrogens (tertiary/aromatic N) is 2. The largest absolute Gasteiger partial charge is 0.457 e. The molecule has 2 heterocycles. The van der Waals surface area contributed by atoms with Gasteiger partial charge in [-0.2, -0.15) is 0 Å². The van der Waals surface area contributed by atoms with Gasteiger partial charge in [-0.15, -0.1) is 10.2 Å². The molecule has 106 valence electrons. The van der Waals surface area contributed by atoms with Crippen LogP contribution in [0.3, 0.4) is 0 Å². The Kier molecular flexibility index (Phi) is 3.70. The Hall–Kier alpha value is -2.60. The molecule has 0 saturated heterocycles. The lowest BCUT2D eigenvalue weighted by Crippen LogP contribution is -2.04. The van der Waals surface area contributed by atoms with Gasteiger partial charge in [0, 0.05) is 10.6 Å². The lowest BCUT2D eigenvalue weighted by atomic mass is 10.2. The monoisotopic (exact) mass is 304 g/mol. The molecular formula is C14H9ClN2O4. The number of ether oxygens (including phenoxy) is 1. The van der Waals surface area contributed by atoms with E-state index in [9.17, 15) is 4.79 Å². The lowest BCUT2D eigenvalue weighted by molar-refractivity contribution is 0.0402. The molecule has 6 nitrogen and oxygen atoms in total. The van der Waals surface area contributed by atoms with Crippen molar-refractivity contribution in [3.63, 3.8) is 0 Å². The molecule has 0 fully saturated rings. The molecule has 1 aromatic carbocycles. The summed E-state index contributed by atoms with van der Waals surface area (Å²) >= 11 is 5.80. The van der Waals surface area contributed by atoms with E-state index in [0.29, 0.717) is 10.9 Å². The minimum atomic E-state index is -0.591. The van der Waals surface area contributed by atoms with Crippen molar-refractivity contribution in [2.75, 3.05) is 0 Å². The van der Waals surface area contributed by atoms with Crippen LogP contribution >= 0.6 is 11.6 Å². The first-order valence-electron chi connectivity index (χ1n) is 6.01. The Morgan fingerprint density at radius 1 is 1.19 bits per heavy atom. The van der Waals surface area contributed by atoms with Crippen LogP contribution in [-0.4, -0.2) is 16.2 Å². The fraction of sp³-hybridized carbons (Fsp3) is 0.0714. The van der Waals surface area contributed by atoms with Crippen LogP contribution in [0.5, 0.6) is 0 Å². The van der Waals surface area contributed by atoms with Crippen LogP contribution in [-0.2, 0) is 11.3 Å². The van der Waals surface area contributed by atoms with Crippen molar-refractivity contribution >= 4 is 17.6 Å². The third-order valence-corrected chi connectivity index (χ3v) is 2.86. The Bertz CT molecular complexity index is 735. The molecule has 7 heteroatoms. The first-order valence-corrected chi connectivity index (χ1v) is 6.39. The van der Waals surface area contributed by atoms with Crippen LogP contribution in [0, 0.1) is 0 Å². The van der Waals surface area contributed by atoms with Gasteiger partial charge in [0.15, 0.2) is 6.61 Å². The van der Waals surface area contributed by atoms with Gasteiger partial charge < -0.3 is 13.6 Å². The normalized spacial score (nSPS) is 10.5. The number of carbonyl (C=O) groups is 1. The summed E-state index contributed by atoms with van der Waals surface area (Å²) in [4.78, 5) is 11.6. The standard InChI is InChI=1S/C14H9ClN2O4/c15-10-5-3-9(4-6-10)13-17-16-12(21-13)8-20-14(18)11-2-1-7-19-11/h1-7H,8H2. The molecule has 0 bridgehead atoms. The maximum Gasteiger partial charge on any atom is 0.374 e. The summed E-state index contributed by atoms with van der Waals surface area (Å²) in [6.07, 6.45) is 1.39. The Labute approximate surface area is 124 Å². The molecule has 0 unspecified atom stereocenters. The molecular weight excluding hydrogens is 296 g/mol. The van der Waals surface area contributed by atoms with Gasteiger partial charge in [0.05, 0.1) is 6.26 Å². The Morgan fingerprint density at radius 3 is 2.71 bits per heavy atom. The highest BCUT2D eigenvalue weighted by Gasteiger charge is 2.13. The van der Waals surface area contributed by atoms with Crippen molar-refractivity contribution in [3.05, 3.63) is 59.3 Å². The van der Waals surface area contributed by atoms with Crippen molar-refractivity contribution in [1.82, 2.24) is 10.2 Å². The van der Waals surface area contributed by atoms with Crippen molar-refractivity contribution < 1.29 is 18.4 Å². The smallest absolute Gasteiger partial charge is 0.374 e. The molecule has 0 radical (unpaired) electrons. The first-order chi connectivity index (χ1) is 10.2. The van der Waals surface area contributed by atoms with E-state index in [1.807, 2.05) is 0 Å². The third-order valence-electron chi connectivity index (χ3n) is 2.61. The summed E-state index contributed by atoms with van der Waals surface area (Å²) in [7, 11) is 0. The molecule has 0 saturated carbocycles. The van der Waals surface area contributed by atoms with Gasteiger partial charge in [-0.1, -0.05) is 11.6 Å². The Morgan fingerprint density at radius 2 is 2.00 bits per heavy atom. The van der Waals surface area contributed by atoms with Crippen molar-refractivity contribution in [2.45, 2.75) is 6.61 Å². The van der Waals surface area contributed by atoms with Crippen molar-refractivity contribution in [2.24, 2.45) is 0 Å². The van der Waals surface area contributed by atoms with E-state index in [1.54, 1.807) is 30.3 Å². The molecule has 0 aliphatic heterocycles. The number of furan rings is 1. The fourth-order valence-corrected chi connectivity index (χ4v) is 1.74. The van der Waals surface area contributed by atoms with Gasteiger partial charge in [-0.05, 0) is 36.4 Å². The molecule has 0 spiro atoms. The molecule has 3 aromatic rings. The summed E-state index contributed by atoms with van der Waals surface area (Å²) in [5.74, 6) is 0.0502. The van der Waals surface area contributed by atoms with E-state index in [0.717, 1.165) is 5.56 Å².